The number of piperazine rings is 1. The minimum absolute atomic E-state index is 0.0100. The van der Waals surface area contributed by atoms with E-state index in [4.69, 9.17) is 16.3 Å². The number of aliphatic hydroxyl groups is 1. The summed E-state index contributed by atoms with van der Waals surface area (Å²) in [6, 6.07) is 7.03. The number of hydrogen-bond donors (Lipinski definition) is 1. The first kappa shape index (κ1) is 18.2. The van der Waals surface area contributed by atoms with E-state index in [1.54, 1.807) is 24.3 Å². The molecule has 128 valence electrons. The van der Waals surface area contributed by atoms with Gasteiger partial charge in [0.25, 0.3) is 5.91 Å². The number of benzene rings is 1. The Morgan fingerprint density at radius 1 is 1.30 bits per heavy atom. The lowest BCUT2D eigenvalue weighted by atomic mass is 10.2. The van der Waals surface area contributed by atoms with Gasteiger partial charge >= 0.3 is 0 Å². The molecule has 1 aromatic carbocycles. The average Bonchev–Trinajstić information content (AvgIpc) is 2.53. The first-order valence-corrected chi connectivity index (χ1v) is 8.40. The summed E-state index contributed by atoms with van der Waals surface area (Å²) in [6.45, 7) is 7.65. The molecule has 1 aromatic rings. The number of carbonyl (C=O) groups excluding carboxylic acids is 1. The zero-order chi connectivity index (χ0) is 16.8. The van der Waals surface area contributed by atoms with Crippen LogP contribution in [0.3, 0.4) is 0 Å². The smallest absolute Gasteiger partial charge is 0.253 e. The number of nitrogens with zero attached hydrogens (tertiary/aromatic N) is 2. The van der Waals surface area contributed by atoms with Crippen LogP contribution >= 0.6 is 11.6 Å². The van der Waals surface area contributed by atoms with Gasteiger partial charge in [-0.15, -0.1) is 0 Å². The molecule has 0 aromatic heterocycles. The topological polar surface area (TPSA) is 53.0 Å². The molecule has 0 radical (unpaired) electrons. The predicted octanol–water partition coefficient (Wildman–Crippen LogP) is 1.88. The van der Waals surface area contributed by atoms with Crippen molar-refractivity contribution in [3.05, 3.63) is 34.9 Å². The van der Waals surface area contributed by atoms with E-state index < -0.39 is 6.10 Å². The Hall–Kier alpha value is -1.14. The van der Waals surface area contributed by atoms with Crippen molar-refractivity contribution in [3.8, 4) is 0 Å². The molecule has 1 amide bonds. The van der Waals surface area contributed by atoms with Crippen molar-refractivity contribution in [2.45, 2.75) is 26.1 Å². The van der Waals surface area contributed by atoms with Gasteiger partial charge in [-0.1, -0.05) is 17.7 Å². The van der Waals surface area contributed by atoms with Crippen LogP contribution < -0.4 is 0 Å². The first-order chi connectivity index (χ1) is 11.0. The molecule has 0 aliphatic carbocycles. The highest BCUT2D eigenvalue weighted by Crippen LogP contribution is 2.14. The first-order valence-electron chi connectivity index (χ1n) is 8.02. The number of halogens is 1. The van der Waals surface area contributed by atoms with Crippen molar-refractivity contribution in [1.29, 1.82) is 0 Å². The summed E-state index contributed by atoms with van der Waals surface area (Å²) >= 11 is 5.94. The summed E-state index contributed by atoms with van der Waals surface area (Å²) in [5.74, 6) is 0.0100. The van der Waals surface area contributed by atoms with Gasteiger partial charge in [-0.3, -0.25) is 9.69 Å². The summed E-state index contributed by atoms with van der Waals surface area (Å²) in [4.78, 5) is 16.4. The third-order valence-corrected chi connectivity index (χ3v) is 4.06. The van der Waals surface area contributed by atoms with Gasteiger partial charge in [0.05, 0.1) is 18.8 Å². The second-order valence-corrected chi connectivity index (χ2v) is 6.58. The van der Waals surface area contributed by atoms with E-state index in [0.29, 0.717) is 36.8 Å². The number of β-amino-alcohol motifs (C(OH)–C–C–N with tert-alkyl or cyclic N) is 1. The van der Waals surface area contributed by atoms with Crippen molar-refractivity contribution in [2.75, 3.05) is 39.3 Å². The Morgan fingerprint density at radius 2 is 2.00 bits per heavy atom. The van der Waals surface area contributed by atoms with E-state index in [0.717, 1.165) is 13.1 Å². The van der Waals surface area contributed by atoms with E-state index in [1.165, 1.54) is 0 Å². The van der Waals surface area contributed by atoms with Crippen molar-refractivity contribution in [3.63, 3.8) is 0 Å². The number of rotatable bonds is 6. The van der Waals surface area contributed by atoms with E-state index in [9.17, 15) is 9.90 Å². The standard InChI is InChI=1S/C17H25ClN2O3/c1-13(2)23-12-16(21)11-19-6-8-20(9-7-19)17(22)14-4-3-5-15(18)10-14/h3-5,10,13,16,21H,6-9,11-12H2,1-2H3/t16-/m1/s1. The summed E-state index contributed by atoms with van der Waals surface area (Å²) in [5.41, 5.74) is 0.622. The zero-order valence-corrected chi connectivity index (χ0v) is 14.5. The molecule has 1 atom stereocenters. The van der Waals surface area contributed by atoms with Gasteiger partial charge in [-0.2, -0.15) is 0 Å². The van der Waals surface area contributed by atoms with E-state index >= 15 is 0 Å². The molecule has 1 fully saturated rings. The van der Waals surface area contributed by atoms with E-state index in [2.05, 4.69) is 4.90 Å². The van der Waals surface area contributed by atoms with Crippen LogP contribution in [0.2, 0.25) is 5.02 Å². The highest BCUT2D eigenvalue weighted by molar-refractivity contribution is 6.30. The third kappa shape index (κ3) is 5.77. The SMILES string of the molecule is CC(C)OC[C@H](O)CN1CCN(C(=O)c2cccc(Cl)c2)CC1. The predicted molar refractivity (Wildman–Crippen MR) is 90.9 cm³/mol. The second kappa shape index (κ2) is 8.64. The van der Waals surface area contributed by atoms with E-state index in [1.807, 2.05) is 18.7 Å². The van der Waals surface area contributed by atoms with Crippen LogP contribution in [0.1, 0.15) is 24.2 Å². The lowest BCUT2D eigenvalue weighted by Gasteiger charge is -2.35. The Bertz CT molecular complexity index is 516. The Balaban J connectivity index is 1.78. The minimum Gasteiger partial charge on any atom is -0.389 e. The summed E-state index contributed by atoms with van der Waals surface area (Å²) in [6.07, 6.45) is -0.371. The fraction of sp³-hybridized carbons (Fsp3) is 0.588. The monoisotopic (exact) mass is 340 g/mol. The van der Waals surface area contributed by atoms with Gasteiger partial charge in [0.15, 0.2) is 0 Å². The maximum atomic E-state index is 12.4. The molecule has 1 heterocycles. The maximum Gasteiger partial charge on any atom is 0.253 e. The van der Waals surface area contributed by atoms with Crippen molar-refractivity contribution in [1.82, 2.24) is 9.80 Å². The van der Waals surface area contributed by atoms with Gasteiger partial charge in [0, 0.05) is 43.3 Å². The normalized spacial score (nSPS) is 17.5. The molecule has 0 bridgehead atoms. The third-order valence-electron chi connectivity index (χ3n) is 3.82. The molecule has 1 saturated heterocycles. The summed E-state index contributed by atoms with van der Waals surface area (Å²) in [5, 5.41) is 10.5. The van der Waals surface area contributed by atoms with Crippen LogP contribution in [0.25, 0.3) is 0 Å². The minimum atomic E-state index is -0.493. The molecular formula is C17H25ClN2O3. The number of carbonyl (C=O) groups is 1. The quantitative estimate of drug-likeness (QED) is 0.859. The molecule has 6 heteroatoms. The van der Waals surface area contributed by atoms with Crippen molar-refractivity contribution in [2.24, 2.45) is 0 Å². The molecule has 23 heavy (non-hydrogen) atoms. The molecule has 0 saturated carbocycles. The highest BCUT2D eigenvalue weighted by atomic mass is 35.5. The molecule has 1 aliphatic rings. The largest absolute Gasteiger partial charge is 0.389 e. The van der Waals surface area contributed by atoms with Gasteiger partial charge in [0.1, 0.15) is 0 Å². The fourth-order valence-corrected chi connectivity index (χ4v) is 2.78. The molecular weight excluding hydrogens is 316 g/mol. The second-order valence-electron chi connectivity index (χ2n) is 6.14. The van der Waals surface area contributed by atoms with E-state index in [-0.39, 0.29) is 12.0 Å². The van der Waals surface area contributed by atoms with Crippen LogP contribution in [-0.4, -0.2) is 72.4 Å². The fourth-order valence-electron chi connectivity index (χ4n) is 2.59. The Morgan fingerprint density at radius 3 is 2.61 bits per heavy atom. The molecule has 0 spiro atoms. The van der Waals surface area contributed by atoms with Gasteiger partial charge in [0.2, 0.25) is 0 Å². The molecule has 1 N–H and O–H groups in total. The van der Waals surface area contributed by atoms with Crippen LogP contribution in [0.5, 0.6) is 0 Å². The van der Waals surface area contributed by atoms with Gasteiger partial charge < -0.3 is 14.7 Å². The number of ether oxygens (including phenoxy) is 1. The molecule has 1 aliphatic heterocycles. The molecule has 2 rings (SSSR count). The number of amides is 1. The zero-order valence-electron chi connectivity index (χ0n) is 13.7. The van der Waals surface area contributed by atoms with Gasteiger partial charge in [-0.25, -0.2) is 0 Å². The summed E-state index contributed by atoms with van der Waals surface area (Å²) in [7, 11) is 0. The number of hydrogen-bond acceptors (Lipinski definition) is 4. The van der Waals surface area contributed by atoms with Crippen molar-refractivity contribution < 1.29 is 14.6 Å². The maximum absolute atomic E-state index is 12.4. The Kier molecular flexibility index (Phi) is 6.84. The van der Waals surface area contributed by atoms with Crippen LogP contribution in [-0.2, 0) is 4.74 Å². The van der Waals surface area contributed by atoms with Crippen LogP contribution in [0.15, 0.2) is 24.3 Å². The van der Waals surface area contributed by atoms with Gasteiger partial charge in [-0.05, 0) is 32.0 Å². The number of aliphatic hydroxyl groups excluding tert-OH is 1. The lowest BCUT2D eigenvalue weighted by Crippen LogP contribution is -2.50. The van der Waals surface area contributed by atoms with Crippen LogP contribution in [0.4, 0.5) is 0 Å². The summed E-state index contributed by atoms with van der Waals surface area (Å²) < 4.78 is 5.42. The average molecular weight is 341 g/mol. The lowest BCUT2D eigenvalue weighted by molar-refractivity contribution is -0.0137. The Labute approximate surface area is 142 Å². The molecule has 5 nitrogen and oxygen atoms in total. The van der Waals surface area contributed by atoms with Crippen LogP contribution in [0, 0.1) is 0 Å². The van der Waals surface area contributed by atoms with Crippen molar-refractivity contribution >= 4 is 17.5 Å². The molecule has 0 unspecified atom stereocenters. The highest BCUT2D eigenvalue weighted by Gasteiger charge is 2.23.